The molecule has 0 radical (unpaired) electrons. The van der Waals surface area contributed by atoms with Crippen LogP contribution in [0, 0.1) is 5.82 Å². The smallest absolute Gasteiger partial charge is 0.207 e. The number of para-hydroxylation sites is 1. The predicted molar refractivity (Wildman–Crippen MR) is 77.3 cm³/mol. The molecule has 0 unspecified atom stereocenters. The van der Waals surface area contributed by atoms with E-state index in [-0.39, 0.29) is 5.82 Å². The van der Waals surface area contributed by atoms with E-state index in [0.29, 0.717) is 18.1 Å². The molecule has 0 fully saturated rings. The van der Waals surface area contributed by atoms with Crippen LogP contribution < -0.4 is 5.32 Å². The topological polar surface area (TPSA) is 29.9 Å². The molecule has 0 aliphatic rings. The van der Waals surface area contributed by atoms with Crippen molar-refractivity contribution >= 4 is 5.95 Å². The third kappa shape index (κ3) is 2.54. The second-order valence-corrected chi connectivity index (χ2v) is 4.40. The van der Waals surface area contributed by atoms with Crippen molar-refractivity contribution in [3.8, 4) is 5.69 Å². The van der Waals surface area contributed by atoms with Gasteiger partial charge in [-0.25, -0.2) is 9.37 Å². The van der Waals surface area contributed by atoms with Gasteiger partial charge < -0.3 is 5.32 Å². The fraction of sp³-hybridized carbons (Fsp3) is 0.0625. The molecule has 0 saturated carbocycles. The lowest BCUT2D eigenvalue weighted by Gasteiger charge is -2.10. The van der Waals surface area contributed by atoms with Crippen molar-refractivity contribution in [2.75, 3.05) is 5.32 Å². The minimum Gasteiger partial charge on any atom is -0.351 e. The highest BCUT2D eigenvalue weighted by molar-refractivity contribution is 5.42. The van der Waals surface area contributed by atoms with Crippen LogP contribution in [0.4, 0.5) is 10.3 Å². The van der Waals surface area contributed by atoms with E-state index < -0.39 is 0 Å². The summed E-state index contributed by atoms with van der Waals surface area (Å²) in [4.78, 5) is 4.27. The van der Waals surface area contributed by atoms with Gasteiger partial charge in [0.15, 0.2) is 0 Å². The number of imidazole rings is 1. The number of nitrogens with one attached hydrogen (secondary N) is 1. The molecule has 0 aliphatic carbocycles. The number of hydrogen-bond acceptors (Lipinski definition) is 2. The summed E-state index contributed by atoms with van der Waals surface area (Å²) in [5.41, 5.74) is 1.64. The van der Waals surface area contributed by atoms with E-state index in [2.05, 4.69) is 10.3 Å². The molecule has 100 valence electrons. The van der Waals surface area contributed by atoms with Crippen molar-refractivity contribution in [1.82, 2.24) is 9.55 Å². The zero-order valence-corrected chi connectivity index (χ0v) is 10.8. The van der Waals surface area contributed by atoms with Crippen LogP contribution in [-0.4, -0.2) is 9.55 Å². The predicted octanol–water partition coefficient (Wildman–Crippen LogP) is 3.62. The van der Waals surface area contributed by atoms with Crippen LogP contribution in [0.3, 0.4) is 0 Å². The second-order valence-electron chi connectivity index (χ2n) is 4.40. The number of anilines is 1. The van der Waals surface area contributed by atoms with Crippen molar-refractivity contribution in [2.45, 2.75) is 6.54 Å². The summed E-state index contributed by atoms with van der Waals surface area (Å²) in [5.74, 6) is 0.484. The van der Waals surface area contributed by atoms with Crippen molar-refractivity contribution in [2.24, 2.45) is 0 Å². The number of aromatic nitrogens is 2. The lowest BCUT2D eigenvalue weighted by atomic mass is 10.2. The molecule has 0 saturated heterocycles. The SMILES string of the molecule is Fc1ccccc1CNc1nccn1-c1ccccc1. The van der Waals surface area contributed by atoms with Crippen LogP contribution in [0.2, 0.25) is 0 Å². The number of benzene rings is 2. The van der Waals surface area contributed by atoms with Gasteiger partial charge in [0.25, 0.3) is 0 Å². The molecule has 2 aromatic carbocycles. The van der Waals surface area contributed by atoms with Gasteiger partial charge in [-0.1, -0.05) is 36.4 Å². The van der Waals surface area contributed by atoms with Gasteiger partial charge in [0, 0.05) is 30.2 Å². The average molecular weight is 267 g/mol. The van der Waals surface area contributed by atoms with Gasteiger partial charge in [0.1, 0.15) is 5.82 Å². The first kappa shape index (κ1) is 12.4. The Bertz CT molecular complexity index is 692. The van der Waals surface area contributed by atoms with Crippen molar-refractivity contribution in [3.05, 3.63) is 78.4 Å². The molecule has 4 heteroatoms. The summed E-state index contributed by atoms with van der Waals surface area (Å²) >= 11 is 0. The number of nitrogens with zero attached hydrogens (tertiary/aromatic N) is 2. The van der Waals surface area contributed by atoms with Crippen LogP contribution in [0.15, 0.2) is 67.0 Å². The summed E-state index contributed by atoms with van der Waals surface area (Å²) < 4.78 is 15.5. The molecule has 1 aromatic heterocycles. The molecule has 0 atom stereocenters. The van der Waals surface area contributed by atoms with E-state index in [1.165, 1.54) is 6.07 Å². The number of hydrogen-bond donors (Lipinski definition) is 1. The lowest BCUT2D eigenvalue weighted by Crippen LogP contribution is -2.07. The summed E-state index contributed by atoms with van der Waals surface area (Å²) in [7, 11) is 0. The maximum absolute atomic E-state index is 13.6. The van der Waals surface area contributed by atoms with E-state index >= 15 is 0 Å². The van der Waals surface area contributed by atoms with E-state index in [1.54, 1.807) is 18.3 Å². The first-order valence-electron chi connectivity index (χ1n) is 6.40. The number of halogens is 1. The Hall–Kier alpha value is -2.62. The lowest BCUT2D eigenvalue weighted by molar-refractivity contribution is 0.612. The second kappa shape index (κ2) is 5.57. The third-order valence-corrected chi connectivity index (χ3v) is 3.07. The minimum absolute atomic E-state index is 0.210. The van der Waals surface area contributed by atoms with Gasteiger partial charge in [-0.3, -0.25) is 4.57 Å². The Morgan fingerprint density at radius 3 is 2.55 bits per heavy atom. The maximum Gasteiger partial charge on any atom is 0.207 e. The number of rotatable bonds is 4. The standard InChI is InChI=1S/C16H14FN3/c17-15-9-5-4-6-13(15)12-19-16-18-10-11-20(16)14-7-2-1-3-8-14/h1-11H,12H2,(H,18,19). The molecule has 3 rings (SSSR count). The van der Waals surface area contributed by atoms with Crippen LogP contribution in [0.5, 0.6) is 0 Å². The van der Waals surface area contributed by atoms with E-state index in [1.807, 2.05) is 47.2 Å². The van der Waals surface area contributed by atoms with Crippen LogP contribution in [0.25, 0.3) is 5.69 Å². The molecule has 0 amide bonds. The summed E-state index contributed by atoms with van der Waals surface area (Å²) in [5, 5.41) is 3.16. The van der Waals surface area contributed by atoms with Crippen molar-refractivity contribution < 1.29 is 4.39 Å². The van der Waals surface area contributed by atoms with Gasteiger partial charge in [-0.2, -0.15) is 0 Å². The minimum atomic E-state index is -0.210. The Morgan fingerprint density at radius 1 is 1.00 bits per heavy atom. The van der Waals surface area contributed by atoms with Crippen LogP contribution in [-0.2, 0) is 6.54 Å². The highest BCUT2D eigenvalue weighted by Crippen LogP contribution is 2.15. The quantitative estimate of drug-likeness (QED) is 0.782. The fourth-order valence-corrected chi connectivity index (χ4v) is 2.05. The van der Waals surface area contributed by atoms with Crippen LogP contribution >= 0.6 is 0 Å². The molecule has 0 spiro atoms. The van der Waals surface area contributed by atoms with Gasteiger partial charge in [-0.15, -0.1) is 0 Å². The van der Waals surface area contributed by atoms with E-state index in [9.17, 15) is 4.39 Å². The Kier molecular flexibility index (Phi) is 3.46. The normalized spacial score (nSPS) is 10.4. The maximum atomic E-state index is 13.6. The highest BCUT2D eigenvalue weighted by Gasteiger charge is 2.05. The summed E-state index contributed by atoms with van der Waals surface area (Å²) in [6, 6.07) is 16.6. The molecule has 1 N–H and O–H groups in total. The van der Waals surface area contributed by atoms with Gasteiger partial charge in [0.05, 0.1) is 0 Å². The molecule has 20 heavy (non-hydrogen) atoms. The van der Waals surface area contributed by atoms with Crippen LogP contribution in [0.1, 0.15) is 5.56 Å². The summed E-state index contributed by atoms with van der Waals surface area (Å²) in [6.45, 7) is 0.399. The average Bonchev–Trinajstić information content (AvgIpc) is 2.96. The molecule has 0 aliphatic heterocycles. The summed E-state index contributed by atoms with van der Waals surface area (Å²) in [6.07, 6.45) is 3.59. The largest absolute Gasteiger partial charge is 0.351 e. The monoisotopic (exact) mass is 267 g/mol. The highest BCUT2D eigenvalue weighted by atomic mass is 19.1. The Labute approximate surface area is 116 Å². The van der Waals surface area contributed by atoms with E-state index in [0.717, 1.165) is 5.69 Å². The molecule has 0 bridgehead atoms. The Morgan fingerprint density at radius 2 is 1.75 bits per heavy atom. The zero-order valence-electron chi connectivity index (χ0n) is 10.8. The molecule has 1 heterocycles. The van der Waals surface area contributed by atoms with E-state index in [4.69, 9.17) is 0 Å². The van der Waals surface area contributed by atoms with Gasteiger partial charge in [-0.05, 0) is 18.2 Å². The fourth-order valence-electron chi connectivity index (χ4n) is 2.05. The van der Waals surface area contributed by atoms with Gasteiger partial charge >= 0.3 is 0 Å². The van der Waals surface area contributed by atoms with Crippen molar-refractivity contribution in [3.63, 3.8) is 0 Å². The Balaban J connectivity index is 1.80. The molecular formula is C16H14FN3. The molecule has 3 nitrogen and oxygen atoms in total. The van der Waals surface area contributed by atoms with Crippen molar-refractivity contribution in [1.29, 1.82) is 0 Å². The first-order chi connectivity index (χ1) is 9.84. The van der Waals surface area contributed by atoms with Gasteiger partial charge in [0.2, 0.25) is 5.95 Å². The third-order valence-electron chi connectivity index (χ3n) is 3.07. The molecular weight excluding hydrogens is 253 g/mol. The zero-order chi connectivity index (χ0) is 13.8. The first-order valence-corrected chi connectivity index (χ1v) is 6.40. The molecule has 3 aromatic rings.